The minimum absolute atomic E-state index is 0. The van der Waals surface area contributed by atoms with Gasteiger partial charge >= 0.3 is 29.6 Å². The molecular formula is CH3F2Na. The van der Waals surface area contributed by atoms with E-state index in [1.54, 1.807) is 0 Å². The van der Waals surface area contributed by atoms with Crippen LogP contribution in [0.15, 0.2) is 0 Å². The summed E-state index contributed by atoms with van der Waals surface area (Å²) in [6, 6.07) is 0. The standard InChI is InChI=1S/CH2F2.Na.H/c2-1-3;;/h1H2;;/q;+1;-1. The van der Waals surface area contributed by atoms with Crippen LogP contribution in [0.25, 0.3) is 0 Å². The molecule has 0 aliphatic carbocycles. The van der Waals surface area contributed by atoms with E-state index in [9.17, 15) is 8.78 Å². The first-order chi connectivity index (χ1) is 1.41. The number of hydrogen-bond donors (Lipinski definition) is 0. The maximum Gasteiger partial charge on any atom is 1.00 e. The largest absolute Gasteiger partial charge is 1.00 e. The third kappa shape index (κ3) is 13.4. The van der Waals surface area contributed by atoms with Crippen molar-refractivity contribution < 1.29 is 39.8 Å². The minimum atomic E-state index is -1.75. The molecule has 0 amide bonds. The second-order valence-corrected chi connectivity index (χ2v) is 0.101. The van der Waals surface area contributed by atoms with Crippen molar-refractivity contribution in [2.45, 2.75) is 0 Å². The second-order valence-electron chi connectivity index (χ2n) is 0.101. The Kier molecular flexibility index (Phi) is 20.2. The average molecular weight is 76.0 g/mol. The van der Waals surface area contributed by atoms with Gasteiger partial charge in [-0.15, -0.1) is 0 Å². The summed E-state index contributed by atoms with van der Waals surface area (Å²) in [7, 11) is 0. The van der Waals surface area contributed by atoms with Crippen molar-refractivity contribution in [1.29, 1.82) is 0 Å². The second kappa shape index (κ2) is 9.13. The molecule has 4 heavy (non-hydrogen) atoms. The van der Waals surface area contributed by atoms with Crippen LogP contribution in [0, 0.1) is 0 Å². The van der Waals surface area contributed by atoms with Crippen LogP contribution in [0.5, 0.6) is 0 Å². The van der Waals surface area contributed by atoms with Gasteiger partial charge in [0, 0.05) is 0 Å². The Bertz CT molecular complexity index is 9.61. The topological polar surface area (TPSA) is 0 Å². The van der Waals surface area contributed by atoms with Gasteiger partial charge in [0.2, 0.25) is 6.93 Å². The Balaban J connectivity index is -0.0000000200. The molecule has 0 aliphatic heterocycles. The van der Waals surface area contributed by atoms with Gasteiger partial charge in [-0.1, -0.05) is 0 Å². The number of hydrogen-bond acceptors (Lipinski definition) is 0. The summed E-state index contributed by atoms with van der Waals surface area (Å²) >= 11 is 0. The maximum absolute atomic E-state index is 9.62. The third-order valence-electron chi connectivity index (χ3n) is 0. The summed E-state index contributed by atoms with van der Waals surface area (Å²) in [4.78, 5) is 0. The van der Waals surface area contributed by atoms with Gasteiger partial charge in [-0.3, -0.25) is 0 Å². The normalized spacial score (nSPS) is 4.50. The van der Waals surface area contributed by atoms with E-state index < -0.39 is 6.93 Å². The van der Waals surface area contributed by atoms with Gasteiger partial charge in [-0.2, -0.15) is 0 Å². The molecule has 0 aromatic rings. The summed E-state index contributed by atoms with van der Waals surface area (Å²) in [6.45, 7) is -1.75. The van der Waals surface area contributed by atoms with Gasteiger partial charge in [0.05, 0.1) is 0 Å². The molecule has 0 aliphatic rings. The Labute approximate surface area is 47.0 Å². The molecule has 0 radical (unpaired) electrons. The predicted molar refractivity (Wildman–Crippen MR) is 8.20 cm³/mol. The van der Waals surface area contributed by atoms with E-state index >= 15 is 0 Å². The SMILES string of the molecule is FCF.[H-].[Na+]. The molecular weight excluding hydrogens is 73.0 g/mol. The van der Waals surface area contributed by atoms with E-state index in [-0.39, 0.29) is 31.0 Å². The molecule has 0 rings (SSSR count). The first-order valence-electron chi connectivity index (χ1n) is 0.535. The fourth-order valence-corrected chi connectivity index (χ4v) is 0. The summed E-state index contributed by atoms with van der Waals surface area (Å²) in [5.41, 5.74) is 0. The monoisotopic (exact) mass is 76.0 g/mol. The zero-order chi connectivity index (χ0) is 2.71. The van der Waals surface area contributed by atoms with Gasteiger partial charge in [-0.25, -0.2) is 8.78 Å². The van der Waals surface area contributed by atoms with Crippen molar-refractivity contribution in [1.82, 2.24) is 0 Å². The van der Waals surface area contributed by atoms with Crippen LogP contribution in [0.1, 0.15) is 1.43 Å². The molecule has 0 aromatic heterocycles. The summed E-state index contributed by atoms with van der Waals surface area (Å²) in [6.07, 6.45) is 0. The first kappa shape index (κ1) is 8.85. The van der Waals surface area contributed by atoms with Crippen molar-refractivity contribution in [2.24, 2.45) is 0 Å². The van der Waals surface area contributed by atoms with Crippen molar-refractivity contribution in [3.63, 3.8) is 0 Å². The molecule has 0 saturated carbocycles. The molecule has 0 unspecified atom stereocenters. The van der Waals surface area contributed by atoms with Crippen LogP contribution in [-0.2, 0) is 0 Å². The Morgan fingerprint density at radius 3 is 1.50 bits per heavy atom. The quantitative estimate of drug-likeness (QED) is 0.293. The van der Waals surface area contributed by atoms with Gasteiger partial charge in [-0.05, 0) is 0 Å². The summed E-state index contributed by atoms with van der Waals surface area (Å²) < 4.78 is 19.2. The Morgan fingerprint density at radius 1 is 1.50 bits per heavy atom. The van der Waals surface area contributed by atoms with E-state index in [0.29, 0.717) is 0 Å². The summed E-state index contributed by atoms with van der Waals surface area (Å²) in [5, 5.41) is 0. The molecule has 0 fully saturated rings. The van der Waals surface area contributed by atoms with Crippen molar-refractivity contribution in [3.05, 3.63) is 0 Å². The van der Waals surface area contributed by atoms with Crippen molar-refractivity contribution in [3.8, 4) is 0 Å². The molecule has 0 saturated heterocycles. The van der Waals surface area contributed by atoms with Crippen LogP contribution in [0.3, 0.4) is 0 Å². The van der Waals surface area contributed by atoms with E-state index in [1.807, 2.05) is 0 Å². The fraction of sp³-hybridized carbons (Fsp3) is 1.00. The predicted octanol–water partition coefficient (Wildman–Crippen LogP) is -2.00. The Hall–Kier alpha value is 0.860. The first-order valence-corrected chi connectivity index (χ1v) is 0.535. The molecule has 3 heteroatoms. The maximum atomic E-state index is 9.62. The van der Waals surface area contributed by atoms with Crippen LogP contribution in [-0.4, -0.2) is 6.93 Å². The van der Waals surface area contributed by atoms with Crippen LogP contribution >= 0.6 is 0 Å². The van der Waals surface area contributed by atoms with Crippen LogP contribution in [0.4, 0.5) is 8.78 Å². The molecule has 0 atom stereocenters. The number of halogens is 2. The summed E-state index contributed by atoms with van der Waals surface area (Å²) in [5.74, 6) is 0. The zero-order valence-electron chi connectivity index (χ0n) is 3.46. The molecule has 0 heterocycles. The Morgan fingerprint density at radius 2 is 1.50 bits per heavy atom. The molecule has 0 spiro atoms. The van der Waals surface area contributed by atoms with Gasteiger partial charge < -0.3 is 1.43 Å². The van der Waals surface area contributed by atoms with E-state index in [0.717, 1.165) is 0 Å². The minimum Gasteiger partial charge on any atom is -1.00 e. The molecule has 0 bridgehead atoms. The van der Waals surface area contributed by atoms with Gasteiger partial charge in [0.15, 0.2) is 0 Å². The van der Waals surface area contributed by atoms with Gasteiger partial charge in [0.25, 0.3) is 0 Å². The number of alkyl halides is 2. The fourth-order valence-electron chi connectivity index (χ4n) is 0. The molecule has 22 valence electrons. The molecule has 0 N–H and O–H groups in total. The van der Waals surface area contributed by atoms with Crippen molar-refractivity contribution >= 4 is 0 Å². The number of rotatable bonds is 0. The van der Waals surface area contributed by atoms with Crippen LogP contribution in [0.2, 0.25) is 0 Å². The van der Waals surface area contributed by atoms with Crippen LogP contribution < -0.4 is 29.6 Å². The van der Waals surface area contributed by atoms with E-state index in [1.165, 1.54) is 0 Å². The molecule has 0 aromatic carbocycles. The van der Waals surface area contributed by atoms with E-state index in [4.69, 9.17) is 0 Å². The third-order valence-corrected chi connectivity index (χ3v) is 0. The zero-order valence-corrected chi connectivity index (χ0v) is 4.46. The smallest absolute Gasteiger partial charge is 1.00 e. The molecule has 0 nitrogen and oxygen atoms in total. The van der Waals surface area contributed by atoms with Crippen molar-refractivity contribution in [2.75, 3.05) is 6.93 Å². The van der Waals surface area contributed by atoms with E-state index in [2.05, 4.69) is 0 Å². The van der Waals surface area contributed by atoms with Gasteiger partial charge in [0.1, 0.15) is 0 Å². The average Bonchev–Trinajstić information content (AvgIpc) is 0.918.